The van der Waals surface area contributed by atoms with Gasteiger partial charge in [-0.05, 0) is 18.9 Å². The lowest BCUT2D eigenvalue weighted by molar-refractivity contribution is -0.145. The summed E-state index contributed by atoms with van der Waals surface area (Å²) in [5, 5.41) is 12.5. The molecule has 0 bridgehead atoms. The molecule has 2 rings (SSSR count). The molecule has 0 saturated heterocycles. The number of aromatic nitrogens is 1. The number of hydrogen-bond donors (Lipinski definition) is 3. The average molecular weight is 319 g/mol. The van der Waals surface area contributed by atoms with Crippen molar-refractivity contribution in [2.45, 2.75) is 44.1 Å². The minimum Gasteiger partial charge on any atom is -0.480 e. The van der Waals surface area contributed by atoms with Crippen LogP contribution in [0.5, 0.6) is 0 Å². The predicted molar refractivity (Wildman–Crippen MR) is 76.3 cm³/mol. The van der Waals surface area contributed by atoms with Crippen LogP contribution in [-0.4, -0.2) is 27.5 Å². The fourth-order valence-electron chi connectivity index (χ4n) is 2.54. The zero-order valence-corrected chi connectivity index (χ0v) is 12.4. The van der Waals surface area contributed by atoms with E-state index in [2.05, 4.69) is 10.3 Å². The summed E-state index contributed by atoms with van der Waals surface area (Å²) < 4.78 is 0. The Morgan fingerprint density at radius 1 is 1.20 bits per heavy atom. The quantitative estimate of drug-likeness (QED) is 0.748. The van der Waals surface area contributed by atoms with Crippen LogP contribution in [0.1, 0.15) is 49.0 Å². The predicted octanol–water partition coefficient (Wildman–Crippen LogP) is 3.23. The van der Waals surface area contributed by atoms with E-state index in [1.54, 1.807) is 0 Å². The summed E-state index contributed by atoms with van der Waals surface area (Å²) in [6, 6.07) is 1.39. The molecular weight excluding hydrogens is 303 g/mol. The maximum absolute atomic E-state index is 12.2. The van der Waals surface area contributed by atoms with E-state index >= 15 is 0 Å². The third kappa shape index (κ3) is 3.10. The van der Waals surface area contributed by atoms with E-state index < -0.39 is 17.4 Å². The Morgan fingerprint density at radius 2 is 1.80 bits per heavy atom. The molecule has 1 fully saturated rings. The van der Waals surface area contributed by atoms with Gasteiger partial charge in [0.2, 0.25) is 0 Å². The fourth-order valence-corrected chi connectivity index (χ4v) is 2.85. The van der Waals surface area contributed by atoms with E-state index in [0.717, 1.165) is 25.7 Å². The van der Waals surface area contributed by atoms with Crippen LogP contribution in [0.4, 0.5) is 0 Å². The summed E-state index contributed by atoms with van der Waals surface area (Å²) >= 11 is 11.5. The first-order valence-corrected chi connectivity index (χ1v) is 7.30. The zero-order valence-electron chi connectivity index (χ0n) is 10.8. The lowest BCUT2D eigenvalue weighted by atomic mass is 9.90. The minimum atomic E-state index is -1.20. The van der Waals surface area contributed by atoms with Crippen LogP contribution >= 0.6 is 23.2 Å². The van der Waals surface area contributed by atoms with Crippen molar-refractivity contribution in [2.75, 3.05) is 0 Å². The molecule has 1 heterocycles. The van der Waals surface area contributed by atoms with Crippen LogP contribution in [0.2, 0.25) is 10.2 Å². The molecule has 1 aromatic heterocycles. The Morgan fingerprint density at radius 3 is 2.25 bits per heavy atom. The number of nitrogens with one attached hydrogen (secondary N) is 2. The Balaban J connectivity index is 2.19. The SMILES string of the molecule is O=C(NC1(C(=O)O)CCCCCC1)c1cc(Cl)c(Cl)[nH]1. The number of hydrogen-bond acceptors (Lipinski definition) is 2. The second kappa shape index (κ2) is 6.06. The van der Waals surface area contributed by atoms with Crippen molar-refractivity contribution < 1.29 is 14.7 Å². The van der Waals surface area contributed by atoms with Gasteiger partial charge < -0.3 is 15.4 Å². The summed E-state index contributed by atoms with van der Waals surface area (Å²) in [6.45, 7) is 0. The summed E-state index contributed by atoms with van der Waals surface area (Å²) in [5.74, 6) is -1.49. The Kier molecular flexibility index (Phi) is 4.60. The third-order valence-electron chi connectivity index (χ3n) is 3.69. The van der Waals surface area contributed by atoms with Crippen LogP contribution in [0.15, 0.2) is 6.07 Å². The van der Waals surface area contributed by atoms with E-state index in [9.17, 15) is 14.7 Å². The number of H-pyrrole nitrogens is 1. The smallest absolute Gasteiger partial charge is 0.329 e. The number of aromatic amines is 1. The van der Waals surface area contributed by atoms with Gasteiger partial charge in [0.25, 0.3) is 5.91 Å². The highest BCUT2D eigenvalue weighted by Gasteiger charge is 2.40. The molecule has 1 amide bonds. The van der Waals surface area contributed by atoms with Crippen molar-refractivity contribution in [1.29, 1.82) is 0 Å². The number of amides is 1. The van der Waals surface area contributed by atoms with Crippen molar-refractivity contribution in [2.24, 2.45) is 0 Å². The standard InChI is InChI=1S/C13H16Cl2N2O3/c14-8-7-9(16-10(8)15)11(18)17-13(12(19)20)5-3-1-2-4-6-13/h7,16H,1-6H2,(H,17,18)(H,19,20). The molecule has 20 heavy (non-hydrogen) atoms. The molecule has 5 nitrogen and oxygen atoms in total. The number of halogens is 2. The second-order valence-corrected chi connectivity index (χ2v) is 5.89. The maximum atomic E-state index is 12.2. The molecule has 110 valence electrons. The monoisotopic (exact) mass is 318 g/mol. The number of carbonyl (C=O) groups is 2. The molecule has 1 aliphatic carbocycles. The molecular formula is C13H16Cl2N2O3. The van der Waals surface area contributed by atoms with Gasteiger partial charge in [-0.1, -0.05) is 48.9 Å². The van der Waals surface area contributed by atoms with Crippen molar-refractivity contribution in [3.05, 3.63) is 21.9 Å². The van der Waals surface area contributed by atoms with E-state index in [1.807, 2.05) is 0 Å². The van der Waals surface area contributed by atoms with Gasteiger partial charge in [-0.15, -0.1) is 0 Å². The van der Waals surface area contributed by atoms with E-state index in [4.69, 9.17) is 23.2 Å². The number of carbonyl (C=O) groups excluding carboxylic acids is 1. The number of carboxylic acids is 1. The van der Waals surface area contributed by atoms with Gasteiger partial charge in [-0.25, -0.2) is 4.79 Å². The topological polar surface area (TPSA) is 82.2 Å². The summed E-state index contributed by atoms with van der Waals surface area (Å²) in [5.41, 5.74) is -1.03. The molecule has 7 heteroatoms. The summed E-state index contributed by atoms with van der Waals surface area (Å²) in [4.78, 5) is 26.4. The molecule has 1 aliphatic rings. The molecule has 0 aromatic carbocycles. The lowest BCUT2D eigenvalue weighted by Crippen LogP contribution is -2.54. The first kappa shape index (κ1) is 15.2. The zero-order chi connectivity index (χ0) is 14.8. The van der Waals surface area contributed by atoms with E-state index in [-0.39, 0.29) is 15.9 Å². The number of carboxylic acid groups (broad SMARTS) is 1. The van der Waals surface area contributed by atoms with Crippen LogP contribution < -0.4 is 5.32 Å². The van der Waals surface area contributed by atoms with Gasteiger partial charge in [-0.3, -0.25) is 4.79 Å². The second-order valence-electron chi connectivity index (χ2n) is 5.10. The van der Waals surface area contributed by atoms with E-state index in [0.29, 0.717) is 12.8 Å². The van der Waals surface area contributed by atoms with Crippen LogP contribution in [0, 0.1) is 0 Å². The van der Waals surface area contributed by atoms with Gasteiger partial charge >= 0.3 is 5.97 Å². The van der Waals surface area contributed by atoms with Crippen LogP contribution in [0.25, 0.3) is 0 Å². The normalized spacial score (nSPS) is 18.3. The molecule has 0 radical (unpaired) electrons. The molecule has 3 N–H and O–H groups in total. The van der Waals surface area contributed by atoms with Crippen molar-refractivity contribution in [3.63, 3.8) is 0 Å². The first-order valence-electron chi connectivity index (χ1n) is 6.54. The highest BCUT2D eigenvalue weighted by atomic mass is 35.5. The number of aliphatic carboxylic acids is 1. The van der Waals surface area contributed by atoms with Crippen molar-refractivity contribution >= 4 is 35.1 Å². The molecule has 0 aliphatic heterocycles. The van der Waals surface area contributed by atoms with Crippen LogP contribution in [0.3, 0.4) is 0 Å². The van der Waals surface area contributed by atoms with Gasteiger partial charge in [0.05, 0.1) is 5.02 Å². The van der Waals surface area contributed by atoms with E-state index in [1.165, 1.54) is 6.07 Å². The Bertz CT molecular complexity index is 500. The Hall–Kier alpha value is -1.20. The van der Waals surface area contributed by atoms with Crippen LogP contribution in [-0.2, 0) is 4.79 Å². The first-order chi connectivity index (χ1) is 9.44. The van der Waals surface area contributed by atoms with Crippen molar-refractivity contribution in [3.8, 4) is 0 Å². The molecule has 0 spiro atoms. The van der Waals surface area contributed by atoms with Gasteiger partial charge in [-0.2, -0.15) is 0 Å². The highest BCUT2D eigenvalue weighted by Crippen LogP contribution is 2.28. The molecule has 0 atom stereocenters. The lowest BCUT2D eigenvalue weighted by Gasteiger charge is -2.29. The minimum absolute atomic E-state index is 0.169. The third-order valence-corrected chi connectivity index (χ3v) is 4.38. The largest absolute Gasteiger partial charge is 0.480 e. The van der Waals surface area contributed by atoms with Gasteiger partial charge in [0.1, 0.15) is 16.4 Å². The highest BCUT2D eigenvalue weighted by molar-refractivity contribution is 6.41. The number of rotatable bonds is 3. The fraction of sp³-hybridized carbons (Fsp3) is 0.538. The molecule has 0 unspecified atom stereocenters. The maximum Gasteiger partial charge on any atom is 0.329 e. The van der Waals surface area contributed by atoms with Crippen molar-refractivity contribution in [1.82, 2.24) is 10.3 Å². The van der Waals surface area contributed by atoms with Gasteiger partial charge in [0.15, 0.2) is 0 Å². The average Bonchev–Trinajstić information content (AvgIpc) is 2.62. The Labute approximate surface area is 126 Å². The summed E-state index contributed by atoms with van der Waals surface area (Å²) in [6.07, 6.45) is 4.44. The molecule has 1 saturated carbocycles. The summed E-state index contributed by atoms with van der Waals surface area (Å²) in [7, 11) is 0. The molecule has 1 aromatic rings. The van der Waals surface area contributed by atoms with Gasteiger partial charge in [0, 0.05) is 0 Å².